The standard InChI is InChI=1S/C15H13NO3/c1-8-2-4-9(5-3-8)16-14(17)12-10-6-7-11(19-10)13(12)15(16)18/h2-7,10-13H,1H3/t10-,11+,12-,13-/m0/s1. The molecule has 0 saturated carbocycles. The van der Waals surface area contributed by atoms with Crippen LogP contribution in [0.4, 0.5) is 5.69 Å². The lowest BCUT2D eigenvalue weighted by Crippen LogP contribution is -2.34. The van der Waals surface area contributed by atoms with Crippen molar-refractivity contribution in [2.24, 2.45) is 11.8 Å². The van der Waals surface area contributed by atoms with Crippen LogP contribution in [0, 0.1) is 18.8 Å². The third kappa shape index (κ3) is 1.32. The van der Waals surface area contributed by atoms with Gasteiger partial charge in [0.2, 0.25) is 11.8 Å². The fourth-order valence-corrected chi connectivity index (χ4v) is 3.25. The minimum atomic E-state index is -0.330. The molecule has 4 atom stereocenters. The maximum atomic E-state index is 12.5. The number of anilines is 1. The van der Waals surface area contributed by atoms with Crippen LogP contribution in [0.25, 0.3) is 0 Å². The highest BCUT2D eigenvalue weighted by Gasteiger charge is 2.60. The van der Waals surface area contributed by atoms with Gasteiger partial charge in [0.25, 0.3) is 0 Å². The number of amides is 2. The van der Waals surface area contributed by atoms with Crippen molar-refractivity contribution < 1.29 is 14.3 Å². The first-order chi connectivity index (χ1) is 9.16. The summed E-state index contributed by atoms with van der Waals surface area (Å²) in [5, 5.41) is 0. The van der Waals surface area contributed by atoms with E-state index in [1.54, 1.807) is 0 Å². The van der Waals surface area contributed by atoms with Crippen molar-refractivity contribution in [2.45, 2.75) is 19.1 Å². The van der Waals surface area contributed by atoms with Crippen molar-refractivity contribution in [1.29, 1.82) is 0 Å². The Balaban J connectivity index is 1.74. The Kier molecular flexibility index (Phi) is 2.04. The average molecular weight is 255 g/mol. The summed E-state index contributed by atoms with van der Waals surface area (Å²) < 4.78 is 5.60. The van der Waals surface area contributed by atoms with Gasteiger partial charge in [-0.1, -0.05) is 29.8 Å². The first-order valence-corrected chi connectivity index (χ1v) is 6.45. The SMILES string of the molecule is Cc1ccc(N2C(=O)[C@@H]3[C@@H](C2=O)[C@H]2C=C[C@@H]3O2)cc1. The highest BCUT2D eigenvalue weighted by Crippen LogP contribution is 2.46. The highest BCUT2D eigenvalue weighted by atomic mass is 16.5. The average Bonchev–Trinajstić information content (AvgIpc) is 3.06. The second kappa shape index (κ2) is 3.54. The Morgan fingerprint density at radius 1 is 0.947 bits per heavy atom. The van der Waals surface area contributed by atoms with Crippen LogP contribution in [0.3, 0.4) is 0 Å². The fraction of sp³-hybridized carbons (Fsp3) is 0.333. The molecule has 2 fully saturated rings. The molecule has 3 aliphatic rings. The summed E-state index contributed by atoms with van der Waals surface area (Å²) in [7, 11) is 0. The Morgan fingerprint density at radius 2 is 1.47 bits per heavy atom. The Labute approximate surface area is 110 Å². The molecule has 4 heteroatoms. The highest BCUT2D eigenvalue weighted by molar-refractivity contribution is 6.23. The maximum absolute atomic E-state index is 12.5. The molecule has 2 bridgehead atoms. The van der Waals surface area contributed by atoms with Crippen LogP contribution in [-0.2, 0) is 14.3 Å². The van der Waals surface area contributed by atoms with E-state index in [-0.39, 0.29) is 35.9 Å². The summed E-state index contributed by atoms with van der Waals surface area (Å²) in [5.74, 6) is -0.918. The molecule has 4 nitrogen and oxygen atoms in total. The number of carbonyl (C=O) groups is 2. The van der Waals surface area contributed by atoms with E-state index in [0.29, 0.717) is 5.69 Å². The molecule has 1 aromatic carbocycles. The van der Waals surface area contributed by atoms with Crippen molar-refractivity contribution in [3.63, 3.8) is 0 Å². The van der Waals surface area contributed by atoms with E-state index in [4.69, 9.17) is 4.74 Å². The smallest absolute Gasteiger partial charge is 0.240 e. The number of fused-ring (bicyclic) bond motifs is 5. The van der Waals surface area contributed by atoms with E-state index >= 15 is 0 Å². The summed E-state index contributed by atoms with van der Waals surface area (Å²) >= 11 is 0. The third-order valence-corrected chi connectivity index (χ3v) is 4.20. The predicted octanol–water partition coefficient (Wildman–Crippen LogP) is 1.44. The molecule has 0 spiro atoms. The van der Waals surface area contributed by atoms with Gasteiger partial charge in [0, 0.05) is 0 Å². The molecule has 0 radical (unpaired) electrons. The molecule has 0 aromatic heterocycles. The molecule has 4 rings (SSSR count). The van der Waals surface area contributed by atoms with Gasteiger partial charge in [-0.05, 0) is 19.1 Å². The van der Waals surface area contributed by atoms with Crippen molar-refractivity contribution in [2.75, 3.05) is 4.90 Å². The molecule has 96 valence electrons. The van der Waals surface area contributed by atoms with E-state index < -0.39 is 0 Å². The second-order valence-electron chi connectivity index (χ2n) is 5.35. The molecule has 2 amide bonds. The van der Waals surface area contributed by atoms with Gasteiger partial charge in [0.15, 0.2) is 0 Å². The number of ether oxygens (including phenoxy) is 1. The summed E-state index contributed by atoms with van der Waals surface area (Å²) in [6.07, 6.45) is 3.36. The quantitative estimate of drug-likeness (QED) is 0.563. The number of imide groups is 1. The van der Waals surface area contributed by atoms with Crippen LogP contribution in [0.2, 0.25) is 0 Å². The molecular formula is C15H13NO3. The van der Waals surface area contributed by atoms with Crippen molar-refractivity contribution >= 4 is 17.5 Å². The van der Waals surface area contributed by atoms with E-state index in [2.05, 4.69) is 0 Å². The zero-order chi connectivity index (χ0) is 13.1. The van der Waals surface area contributed by atoms with Gasteiger partial charge in [-0.15, -0.1) is 0 Å². The van der Waals surface area contributed by atoms with Crippen molar-refractivity contribution in [3.8, 4) is 0 Å². The van der Waals surface area contributed by atoms with Gasteiger partial charge in [-0.25, -0.2) is 4.90 Å². The first kappa shape index (κ1) is 10.9. The topological polar surface area (TPSA) is 46.6 Å². The van der Waals surface area contributed by atoms with Crippen LogP contribution >= 0.6 is 0 Å². The zero-order valence-electron chi connectivity index (χ0n) is 10.4. The monoisotopic (exact) mass is 255 g/mol. The molecular weight excluding hydrogens is 242 g/mol. The number of benzene rings is 1. The Hall–Kier alpha value is -1.94. The van der Waals surface area contributed by atoms with Crippen LogP contribution in [0.5, 0.6) is 0 Å². The van der Waals surface area contributed by atoms with Crippen molar-refractivity contribution in [1.82, 2.24) is 0 Å². The van der Waals surface area contributed by atoms with Gasteiger partial charge in [-0.2, -0.15) is 0 Å². The second-order valence-corrected chi connectivity index (χ2v) is 5.35. The van der Waals surface area contributed by atoms with E-state index in [9.17, 15) is 9.59 Å². The molecule has 19 heavy (non-hydrogen) atoms. The zero-order valence-corrected chi connectivity index (χ0v) is 10.4. The first-order valence-electron chi connectivity index (χ1n) is 6.45. The van der Waals surface area contributed by atoms with E-state index in [1.165, 1.54) is 4.90 Å². The molecule has 3 aliphatic heterocycles. The van der Waals surface area contributed by atoms with E-state index in [0.717, 1.165) is 5.56 Å². The summed E-state index contributed by atoms with van der Waals surface area (Å²) in [5.41, 5.74) is 1.77. The largest absolute Gasteiger partial charge is 0.365 e. The van der Waals surface area contributed by atoms with E-state index in [1.807, 2.05) is 43.3 Å². The maximum Gasteiger partial charge on any atom is 0.240 e. The molecule has 1 aromatic rings. The van der Waals surface area contributed by atoms with Crippen LogP contribution in [0.1, 0.15) is 5.56 Å². The molecule has 0 unspecified atom stereocenters. The number of nitrogens with zero attached hydrogens (tertiary/aromatic N) is 1. The normalized spacial score (nSPS) is 35.3. The minimum absolute atomic E-state index is 0.129. The molecule has 0 aliphatic carbocycles. The molecule has 0 N–H and O–H groups in total. The number of rotatable bonds is 1. The van der Waals surface area contributed by atoms with Crippen LogP contribution in [0.15, 0.2) is 36.4 Å². The summed E-state index contributed by atoms with van der Waals surface area (Å²) in [4.78, 5) is 26.3. The fourth-order valence-electron chi connectivity index (χ4n) is 3.25. The number of aryl methyl sites for hydroxylation is 1. The van der Waals surface area contributed by atoms with Crippen LogP contribution < -0.4 is 4.90 Å². The van der Waals surface area contributed by atoms with Gasteiger partial charge in [0.05, 0.1) is 29.7 Å². The molecule has 2 saturated heterocycles. The lowest BCUT2D eigenvalue weighted by atomic mass is 9.85. The van der Waals surface area contributed by atoms with Gasteiger partial charge < -0.3 is 4.74 Å². The predicted molar refractivity (Wildman–Crippen MR) is 68.5 cm³/mol. The third-order valence-electron chi connectivity index (χ3n) is 4.20. The van der Waals surface area contributed by atoms with Gasteiger partial charge in [0.1, 0.15) is 0 Å². The van der Waals surface area contributed by atoms with Gasteiger partial charge >= 0.3 is 0 Å². The lowest BCUT2D eigenvalue weighted by molar-refractivity contribution is -0.124. The summed E-state index contributed by atoms with van der Waals surface area (Å²) in [6.45, 7) is 1.98. The Morgan fingerprint density at radius 3 is 2.00 bits per heavy atom. The lowest BCUT2D eigenvalue weighted by Gasteiger charge is -2.17. The number of carbonyl (C=O) groups excluding carboxylic acids is 2. The summed E-state index contributed by atoms with van der Waals surface area (Å²) in [6, 6.07) is 7.46. The Bertz CT molecular complexity index is 574. The van der Waals surface area contributed by atoms with Crippen LogP contribution in [-0.4, -0.2) is 24.0 Å². The number of hydrogen-bond donors (Lipinski definition) is 0. The number of hydrogen-bond acceptors (Lipinski definition) is 3. The van der Waals surface area contributed by atoms with Crippen molar-refractivity contribution in [3.05, 3.63) is 42.0 Å². The van der Waals surface area contributed by atoms with Gasteiger partial charge in [-0.3, -0.25) is 9.59 Å². The molecule has 3 heterocycles. The minimum Gasteiger partial charge on any atom is -0.365 e.